The van der Waals surface area contributed by atoms with Gasteiger partial charge in [0.2, 0.25) is 0 Å². The van der Waals surface area contributed by atoms with E-state index in [1.807, 2.05) is 67.6 Å². The summed E-state index contributed by atoms with van der Waals surface area (Å²) in [5.41, 5.74) is 3.35. The number of anilines is 1. The summed E-state index contributed by atoms with van der Waals surface area (Å²) >= 11 is 6.24. The van der Waals surface area contributed by atoms with Crippen molar-refractivity contribution in [1.29, 1.82) is 0 Å². The normalized spacial score (nSPS) is 14.8. The van der Waals surface area contributed by atoms with Gasteiger partial charge in [0.25, 0.3) is 11.8 Å². The molecule has 1 heterocycles. The number of ether oxygens (including phenoxy) is 1. The standard InChI is InChI=1S/C30H23ClN2O4/c1-18-7-5-8-20(15-18)17-37-27-14-13-21-9-3-4-10-22(21)23(27)16-24-28(34)32-30(36)33(29(24)35)26-12-6-11-25(31)19(26)2/h3-16H,17H2,1-2H3,(H,32,34,36)/b24-16+. The lowest BCUT2D eigenvalue weighted by molar-refractivity contribution is -0.122. The van der Waals surface area contributed by atoms with Crippen LogP contribution in [0.15, 0.2) is 84.4 Å². The molecule has 184 valence electrons. The number of nitrogens with zero attached hydrogens (tertiary/aromatic N) is 1. The fraction of sp³-hybridized carbons (Fsp3) is 0.100. The van der Waals surface area contributed by atoms with Gasteiger partial charge in [-0.1, -0.05) is 77.8 Å². The molecule has 5 rings (SSSR count). The number of rotatable bonds is 5. The van der Waals surface area contributed by atoms with E-state index in [1.54, 1.807) is 25.1 Å². The number of benzene rings is 4. The second-order valence-electron chi connectivity index (χ2n) is 8.82. The summed E-state index contributed by atoms with van der Waals surface area (Å²) in [5, 5.41) is 4.41. The Kier molecular flexibility index (Phi) is 6.51. The molecule has 0 unspecified atom stereocenters. The van der Waals surface area contributed by atoms with Crippen molar-refractivity contribution in [1.82, 2.24) is 5.32 Å². The van der Waals surface area contributed by atoms with Gasteiger partial charge in [-0.3, -0.25) is 14.9 Å². The van der Waals surface area contributed by atoms with Crippen LogP contribution in [-0.4, -0.2) is 17.8 Å². The molecular formula is C30H23ClN2O4. The third-order valence-corrected chi connectivity index (χ3v) is 6.69. The van der Waals surface area contributed by atoms with Crippen LogP contribution in [0.2, 0.25) is 5.02 Å². The van der Waals surface area contributed by atoms with Gasteiger partial charge in [0.1, 0.15) is 17.9 Å². The van der Waals surface area contributed by atoms with E-state index < -0.39 is 17.8 Å². The van der Waals surface area contributed by atoms with Gasteiger partial charge in [-0.15, -0.1) is 0 Å². The summed E-state index contributed by atoms with van der Waals surface area (Å²) in [6, 6.07) is 23.5. The number of halogens is 1. The molecule has 1 aliphatic rings. The van der Waals surface area contributed by atoms with Gasteiger partial charge in [-0.2, -0.15) is 0 Å². The first-order chi connectivity index (χ1) is 17.8. The predicted octanol–water partition coefficient (Wildman–Crippen LogP) is 6.36. The topological polar surface area (TPSA) is 75.7 Å². The van der Waals surface area contributed by atoms with Gasteiger partial charge in [-0.05, 0) is 60.0 Å². The van der Waals surface area contributed by atoms with Crippen molar-refractivity contribution in [2.24, 2.45) is 0 Å². The Morgan fingerprint density at radius 2 is 1.70 bits per heavy atom. The first kappa shape index (κ1) is 24.3. The highest BCUT2D eigenvalue weighted by atomic mass is 35.5. The first-order valence-electron chi connectivity index (χ1n) is 11.7. The molecule has 4 amide bonds. The van der Waals surface area contributed by atoms with Gasteiger partial charge in [0, 0.05) is 10.6 Å². The van der Waals surface area contributed by atoms with Crippen LogP contribution in [0.3, 0.4) is 0 Å². The number of carbonyl (C=O) groups is 3. The average molecular weight is 511 g/mol. The molecule has 7 heteroatoms. The highest BCUT2D eigenvalue weighted by Crippen LogP contribution is 2.33. The zero-order chi connectivity index (χ0) is 26.1. The van der Waals surface area contributed by atoms with E-state index in [0.29, 0.717) is 34.2 Å². The number of fused-ring (bicyclic) bond motifs is 1. The van der Waals surface area contributed by atoms with Crippen molar-refractivity contribution in [2.45, 2.75) is 20.5 Å². The SMILES string of the molecule is Cc1cccc(COc2ccc3ccccc3c2/C=C2\C(=O)NC(=O)N(c3cccc(Cl)c3C)C2=O)c1. The van der Waals surface area contributed by atoms with Crippen molar-refractivity contribution in [2.75, 3.05) is 4.90 Å². The van der Waals surface area contributed by atoms with Crippen LogP contribution in [0.1, 0.15) is 22.3 Å². The molecule has 1 N–H and O–H groups in total. The molecule has 0 spiro atoms. The molecule has 0 aromatic heterocycles. The summed E-state index contributed by atoms with van der Waals surface area (Å²) < 4.78 is 6.18. The lowest BCUT2D eigenvalue weighted by Gasteiger charge is -2.28. The van der Waals surface area contributed by atoms with Crippen molar-refractivity contribution >= 4 is 52.0 Å². The van der Waals surface area contributed by atoms with E-state index in [4.69, 9.17) is 16.3 Å². The number of carbonyl (C=O) groups excluding carboxylic acids is 3. The quantitative estimate of drug-likeness (QED) is 0.250. The summed E-state index contributed by atoms with van der Waals surface area (Å²) in [6.07, 6.45) is 1.49. The lowest BCUT2D eigenvalue weighted by atomic mass is 9.99. The zero-order valence-corrected chi connectivity index (χ0v) is 21.0. The third kappa shape index (κ3) is 4.71. The lowest BCUT2D eigenvalue weighted by Crippen LogP contribution is -2.54. The average Bonchev–Trinajstić information content (AvgIpc) is 2.88. The van der Waals surface area contributed by atoms with Crippen LogP contribution in [0.25, 0.3) is 16.8 Å². The zero-order valence-electron chi connectivity index (χ0n) is 20.2. The van der Waals surface area contributed by atoms with E-state index in [1.165, 1.54) is 6.08 Å². The van der Waals surface area contributed by atoms with Crippen molar-refractivity contribution in [3.05, 3.63) is 112 Å². The maximum Gasteiger partial charge on any atom is 0.335 e. The van der Waals surface area contributed by atoms with Gasteiger partial charge >= 0.3 is 6.03 Å². The fourth-order valence-electron chi connectivity index (χ4n) is 4.37. The minimum Gasteiger partial charge on any atom is -0.488 e. The number of urea groups is 1. The molecular weight excluding hydrogens is 488 g/mol. The molecule has 0 atom stereocenters. The van der Waals surface area contributed by atoms with Crippen LogP contribution >= 0.6 is 11.6 Å². The fourth-order valence-corrected chi connectivity index (χ4v) is 4.54. The van der Waals surface area contributed by atoms with E-state index in [2.05, 4.69) is 5.32 Å². The summed E-state index contributed by atoms with van der Waals surface area (Å²) in [7, 11) is 0. The predicted molar refractivity (Wildman–Crippen MR) is 145 cm³/mol. The van der Waals surface area contributed by atoms with Gasteiger partial charge in [0.15, 0.2) is 0 Å². The van der Waals surface area contributed by atoms with Crippen LogP contribution in [0, 0.1) is 13.8 Å². The Morgan fingerprint density at radius 3 is 2.51 bits per heavy atom. The number of amides is 4. The first-order valence-corrected chi connectivity index (χ1v) is 12.1. The number of nitrogens with one attached hydrogen (secondary N) is 1. The Balaban J connectivity index is 1.60. The molecule has 1 saturated heterocycles. The molecule has 0 bridgehead atoms. The summed E-state index contributed by atoms with van der Waals surface area (Å²) in [4.78, 5) is 40.1. The van der Waals surface area contributed by atoms with E-state index >= 15 is 0 Å². The molecule has 1 fully saturated rings. The van der Waals surface area contributed by atoms with Crippen molar-refractivity contribution < 1.29 is 19.1 Å². The van der Waals surface area contributed by atoms with E-state index in [9.17, 15) is 14.4 Å². The maximum absolute atomic E-state index is 13.6. The molecule has 0 aliphatic carbocycles. The molecule has 4 aromatic rings. The number of imide groups is 2. The van der Waals surface area contributed by atoms with Gasteiger partial charge in [-0.25, -0.2) is 9.69 Å². The number of aryl methyl sites for hydroxylation is 1. The molecule has 4 aromatic carbocycles. The maximum atomic E-state index is 13.6. The number of hydrogen-bond acceptors (Lipinski definition) is 4. The van der Waals surface area contributed by atoms with Crippen LogP contribution < -0.4 is 15.0 Å². The van der Waals surface area contributed by atoms with Crippen molar-refractivity contribution in [3.63, 3.8) is 0 Å². The minimum absolute atomic E-state index is 0.185. The Bertz CT molecular complexity index is 1610. The highest BCUT2D eigenvalue weighted by Gasteiger charge is 2.38. The smallest absolute Gasteiger partial charge is 0.335 e. The number of barbiturate groups is 1. The second-order valence-corrected chi connectivity index (χ2v) is 9.23. The molecule has 0 saturated carbocycles. The van der Waals surface area contributed by atoms with Crippen LogP contribution in [0.5, 0.6) is 5.75 Å². The molecule has 1 aliphatic heterocycles. The number of hydrogen-bond donors (Lipinski definition) is 1. The molecule has 0 radical (unpaired) electrons. The second kappa shape index (κ2) is 9.91. The highest BCUT2D eigenvalue weighted by molar-refractivity contribution is 6.40. The van der Waals surface area contributed by atoms with Crippen LogP contribution in [0.4, 0.5) is 10.5 Å². The summed E-state index contributed by atoms with van der Waals surface area (Å²) in [6.45, 7) is 4.03. The van der Waals surface area contributed by atoms with E-state index in [-0.39, 0.29) is 5.57 Å². The monoisotopic (exact) mass is 510 g/mol. The third-order valence-electron chi connectivity index (χ3n) is 6.28. The minimum atomic E-state index is -0.827. The van der Waals surface area contributed by atoms with Gasteiger partial charge < -0.3 is 4.74 Å². The Labute approximate surface area is 219 Å². The molecule has 37 heavy (non-hydrogen) atoms. The largest absolute Gasteiger partial charge is 0.488 e. The Hall–Kier alpha value is -4.42. The van der Waals surface area contributed by atoms with E-state index in [0.717, 1.165) is 26.8 Å². The van der Waals surface area contributed by atoms with Crippen LogP contribution in [-0.2, 0) is 16.2 Å². The molecule has 6 nitrogen and oxygen atoms in total. The van der Waals surface area contributed by atoms with Gasteiger partial charge in [0.05, 0.1) is 5.69 Å². The van der Waals surface area contributed by atoms with Crippen molar-refractivity contribution in [3.8, 4) is 5.75 Å². The Morgan fingerprint density at radius 1 is 0.919 bits per heavy atom. The summed E-state index contributed by atoms with van der Waals surface area (Å²) in [5.74, 6) is -1.00.